The van der Waals surface area contributed by atoms with Crippen LogP contribution in [-0.2, 0) is 0 Å². The Morgan fingerprint density at radius 2 is 2.00 bits per heavy atom. The zero-order chi connectivity index (χ0) is 9.73. The molecule has 1 rings (SSSR count). The van der Waals surface area contributed by atoms with Crippen LogP contribution in [0.4, 0.5) is 0 Å². The van der Waals surface area contributed by atoms with Gasteiger partial charge in [-0.25, -0.2) is 0 Å². The highest BCUT2D eigenvalue weighted by Crippen LogP contribution is 2.48. The van der Waals surface area contributed by atoms with Gasteiger partial charge in [-0.1, -0.05) is 33.6 Å². The highest BCUT2D eigenvalue weighted by Gasteiger charge is 2.40. The fraction of sp³-hybridized carbons (Fsp3) is 1.00. The molecule has 1 aliphatic rings. The van der Waals surface area contributed by atoms with Gasteiger partial charge in [0.25, 0.3) is 0 Å². The zero-order valence-corrected chi connectivity index (χ0v) is 9.53. The van der Waals surface area contributed by atoms with Crippen molar-refractivity contribution >= 4 is 0 Å². The van der Waals surface area contributed by atoms with Gasteiger partial charge >= 0.3 is 0 Å². The highest BCUT2D eigenvalue weighted by atomic mass is 14.9. The summed E-state index contributed by atoms with van der Waals surface area (Å²) >= 11 is 0. The molecule has 0 aromatic carbocycles. The molecule has 0 aliphatic heterocycles. The minimum absolute atomic E-state index is 0.724. The summed E-state index contributed by atoms with van der Waals surface area (Å²) in [6.45, 7) is 9.37. The van der Waals surface area contributed by atoms with Crippen molar-refractivity contribution in [2.45, 2.75) is 52.9 Å². The largest absolute Gasteiger partial charge is 0.316 e. The summed E-state index contributed by atoms with van der Waals surface area (Å²) in [5.41, 5.74) is 0.724. The third-order valence-electron chi connectivity index (χ3n) is 3.43. The molecule has 78 valence electrons. The first-order valence-corrected chi connectivity index (χ1v) is 5.93. The average Bonchev–Trinajstić information content (AvgIpc) is 2.86. The Balaban J connectivity index is 2.05. The monoisotopic (exact) mass is 183 g/mol. The molecule has 1 saturated carbocycles. The van der Waals surface area contributed by atoms with Gasteiger partial charge in [0.15, 0.2) is 0 Å². The second-order valence-electron chi connectivity index (χ2n) is 4.89. The molecule has 0 spiro atoms. The molecule has 0 saturated heterocycles. The Labute approximate surface area is 83.3 Å². The maximum atomic E-state index is 3.62. The van der Waals surface area contributed by atoms with Crippen LogP contribution in [0.2, 0.25) is 0 Å². The molecule has 0 aromatic heterocycles. The molecule has 1 N–H and O–H groups in total. The van der Waals surface area contributed by atoms with Gasteiger partial charge in [-0.05, 0) is 37.1 Å². The Kier molecular flexibility index (Phi) is 4.24. The van der Waals surface area contributed by atoms with Crippen molar-refractivity contribution in [2.24, 2.45) is 11.3 Å². The Morgan fingerprint density at radius 3 is 2.46 bits per heavy atom. The van der Waals surface area contributed by atoms with Gasteiger partial charge in [-0.3, -0.25) is 0 Å². The van der Waals surface area contributed by atoms with Gasteiger partial charge in [0.05, 0.1) is 0 Å². The second-order valence-corrected chi connectivity index (χ2v) is 4.89. The molecule has 1 nitrogen and oxygen atoms in total. The van der Waals surface area contributed by atoms with Crippen molar-refractivity contribution in [2.75, 3.05) is 13.1 Å². The first kappa shape index (κ1) is 11.0. The molecular formula is C12H25N. The van der Waals surface area contributed by atoms with Crippen LogP contribution in [0.5, 0.6) is 0 Å². The van der Waals surface area contributed by atoms with E-state index in [1.54, 1.807) is 0 Å². The van der Waals surface area contributed by atoms with E-state index in [0.29, 0.717) is 0 Å². The van der Waals surface area contributed by atoms with E-state index in [4.69, 9.17) is 0 Å². The quantitative estimate of drug-likeness (QED) is 0.639. The van der Waals surface area contributed by atoms with Crippen LogP contribution in [0.3, 0.4) is 0 Å². The minimum atomic E-state index is 0.724. The standard InChI is InChI=1S/C12H25N/c1-4-6-12(7-8-12)10-13-9-11(3)5-2/h11,13H,4-10H2,1-3H3. The van der Waals surface area contributed by atoms with Crippen molar-refractivity contribution in [1.29, 1.82) is 0 Å². The summed E-state index contributed by atoms with van der Waals surface area (Å²) in [6.07, 6.45) is 7.02. The molecular weight excluding hydrogens is 158 g/mol. The van der Waals surface area contributed by atoms with Crippen molar-refractivity contribution in [3.8, 4) is 0 Å². The van der Waals surface area contributed by atoms with Gasteiger partial charge in [-0.15, -0.1) is 0 Å². The van der Waals surface area contributed by atoms with Crippen molar-refractivity contribution in [3.05, 3.63) is 0 Å². The van der Waals surface area contributed by atoms with E-state index in [9.17, 15) is 0 Å². The summed E-state index contributed by atoms with van der Waals surface area (Å²) in [5, 5.41) is 3.62. The average molecular weight is 183 g/mol. The normalized spacial score (nSPS) is 21.5. The van der Waals surface area contributed by atoms with Gasteiger partial charge in [0.2, 0.25) is 0 Å². The van der Waals surface area contributed by atoms with Crippen LogP contribution in [0, 0.1) is 11.3 Å². The van der Waals surface area contributed by atoms with Gasteiger partial charge in [0, 0.05) is 6.54 Å². The van der Waals surface area contributed by atoms with Crippen molar-refractivity contribution in [3.63, 3.8) is 0 Å². The molecule has 1 aliphatic carbocycles. The molecule has 0 amide bonds. The third kappa shape index (κ3) is 3.68. The fourth-order valence-corrected chi connectivity index (χ4v) is 1.95. The first-order chi connectivity index (χ1) is 6.22. The lowest BCUT2D eigenvalue weighted by Gasteiger charge is -2.16. The minimum Gasteiger partial charge on any atom is -0.316 e. The summed E-state index contributed by atoms with van der Waals surface area (Å²) in [7, 11) is 0. The summed E-state index contributed by atoms with van der Waals surface area (Å²) in [5.74, 6) is 0.845. The Hall–Kier alpha value is -0.0400. The second kappa shape index (κ2) is 4.99. The molecule has 0 heterocycles. The Morgan fingerprint density at radius 1 is 1.31 bits per heavy atom. The summed E-state index contributed by atoms with van der Waals surface area (Å²) in [4.78, 5) is 0. The summed E-state index contributed by atoms with van der Waals surface area (Å²) in [6, 6.07) is 0. The predicted octanol–water partition coefficient (Wildman–Crippen LogP) is 3.20. The smallest absolute Gasteiger partial charge is 0.000792 e. The van der Waals surface area contributed by atoms with Crippen LogP contribution in [0.25, 0.3) is 0 Å². The van der Waals surface area contributed by atoms with Crippen LogP contribution < -0.4 is 5.32 Å². The molecule has 1 atom stereocenters. The lowest BCUT2D eigenvalue weighted by atomic mass is 10.0. The number of hydrogen-bond donors (Lipinski definition) is 1. The molecule has 0 aromatic rings. The van der Waals surface area contributed by atoms with E-state index in [0.717, 1.165) is 11.3 Å². The number of nitrogens with one attached hydrogen (secondary N) is 1. The van der Waals surface area contributed by atoms with E-state index in [1.807, 2.05) is 0 Å². The third-order valence-corrected chi connectivity index (χ3v) is 3.43. The Bertz CT molecular complexity index is 138. The molecule has 1 fully saturated rings. The van der Waals surface area contributed by atoms with Crippen LogP contribution >= 0.6 is 0 Å². The van der Waals surface area contributed by atoms with Crippen molar-refractivity contribution < 1.29 is 0 Å². The van der Waals surface area contributed by atoms with Crippen LogP contribution in [-0.4, -0.2) is 13.1 Å². The highest BCUT2D eigenvalue weighted by molar-refractivity contribution is 4.94. The molecule has 1 heteroatoms. The molecule has 1 unspecified atom stereocenters. The van der Waals surface area contributed by atoms with E-state index in [2.05, 4.69) is 26.1 Å². The SMILES string of the molecule is CCCC1(CNCC(C)CC)CC1. The van der Waals surface area contributed by atoms with E-state index >= 15 is 0 Å². The van der Waals surface area contributed by atoms with E-state index in [1.165, 1.54) is 45.2 Å². The molecule has 13 heavy (non-hydrogen) atoms. The van der Waals surface area contributed by atoms with Crippen LogP contribution in [0.15, 0.2) is 0 Å². The molecule has 0 bridgehead atoms. The fourth-order valence-electron chi connectivity index (χ4n) is 1.95. The maximum Gasteiger partial charge on any atom is 0.000792 e. The van der Waals surface area contributed by atoms with Gasteiger partial charge < -0.3 is 5.32 Å². The number of rotatable bonds is 7. The topological polar surface area (TPSA) is 12.0 Å². The first-order valence-electron chi connectivity index (χ1n) is 5.93. The van der Waals surface area contributed by atoms with E-state index in [-0.39, 0.29) is 0 Å². The van der Waals surface area contributed by atoms with Gasteiger partial charge in [-0.2, -0.15) is 0 Å². The predicted molar refractivity (Wildman–Crippen MR) is 58.9 cm³/mol. The lowest BCUT2D eigenvalue weighted by Crippen LogP contribution is -2.28. The summed E-state index contributed by atoms with van der Waals surface area (Å²) < 4.78 is 0. The maximum absolute atomic E-state index is 3.62. The van der Waals surface area contributed by atoms with Crippen LogP contribution in [0.1, 0.15) is 52.9 Å². The zero-order valence-electron chi connectivity index (χ0n) is 9.53. The van der Waals surface area contributed by atoms with E-state index < -0.39 is 0 Å². The van der Waals surface area contributed by atoms with Crippen molar-refractivity contribution in [1.82, 2.24) is 5.32 Å². The molecule has 0 radical (unpaired) electrons. The number of hydrogen-bond acceptors (Lipinski definition) is 1. The lowest BCUT2D eigenvalue weighted by molar-refractivity contribution is 0.395. The van der Waals surface area contributed by atoms with Gasteiger partial charge in [0.1, 0.15) is 0 Å².